The van der Waals surface area contributed by atoms with Crippen molar-refractivity contribution in [2.45, 2.75) is 65.1 Å². The van der Waals surface area contributed by atoms with Crippen molar-refractivity contribution in [1.29, 1.82) is 5.26 Å². The summed E-state index contributed by atoms with van der Waals surface area (Å²) in [7, 11) is 0. The standard InChI is InChI=1S/C34H39FN6O4/c1-21(2)28-18-39(32(43)20-41-22(3)26(17-36)24-9-4-5-10-29(24)41)19-31(42)37-14-6-8-23-12-13-27(35)25(16-23)34(45)40-15-7-11-30(40)33(44)38-28/h4-5,9-10,12-13,16,21,28,30H,6-8,11,14-15,18-20H2,1-3H3,(H,37,42)(H,38,44)/t28-,30-/m0/s1. The predicted octanol–water partition coefficient (Wildman–Crippen LogP) is 3.30. The van der Waals surface area contributed by atoms with Crippen LogP contribution in [0.3, 0.4) is 0 Å². The smallest absolute Gasteiger partial charge is 0.257 e. The summed E-state index contributed by atoms with van der Waals surface area (Å²) < 4.78 is 16.6. The molecule has 1 saturated heterocycles. The Labute approximate surface area is 262 Å². The normalized spacial score (nSPS) is 20.0. The third-order valence-electron chi connectivity index (χ3n) is 8.91. The van der Waals surface area contributed by atoms with Gasteiger partial charge in [0.15, 0.2) is 0 Å². The molecule has 0 aliphatic carbocycles. The number of hydrogen-bond acceptors (Lipinski definition) is 5. The third-order valence-corrected chi connectivity index (χ3v) is 8.91. The number of fused-ring (bicyclic) bond motifs is 4. The first kappa shape index (κ1) is 31.7. The molecular formula is C34H39FN6O4. The molecule has 11 heteroatoms. The largest absolute Gasteiger partial charge is 0.355 e. The predicted molar refractivity (Wildman–Crippen MR) is 167 cm³/mol. The number of rotatable bonds is 3. The highest BCUT2D eigenvalue weighted by atomic mass is 19.1. The maximum Gasteiger partial charge on any atom is 0.257 e. The second-order valence-corrected chi connectivity index (χ2v) is 12.2. The van der Waals surface area contributed by atoms with Gasteiger partial charge in [-0.1, -0.05) is 38.1 Å². The third kappa shape index (κ3) is 6.70. The zero-order valence-electron chi connectivity index (χ0n) is 25.9. The second kappa shape index (κ2) is 13.5. The van der Waals surface area contributed by atoms with Gasteiger partial charge in [0.05, 0.1) is 23.2 Å². The molecule has 2 bridgehead atoms. The van der Waals surface area contributed by atoms with E-state index in [0.29, 0.717) is 50.0 Å². The molecule has 0 saturated carbocycles. The average Bonchev–Trinajstić information content (AvgIpc) is 3.61. The van der Waals surface area contributed by atoms with E-state index < -0.39 is 23.8 Å². The molecule has 3 aromatic rings. The van der Waals surface area contributed by atoms with Crippen LogP contribution in [-0.4, -0.2) is 76.3 Å². The quantitative estimate of drug-likeness (QED) is 0.468. The van der Waals surface area contributed by atoms with Crippen molar-refractivity contribution in [3.8, 4) is 6.07 Å². The minimum absolute atomic E-state index is 0.0646. The van der Waals surface area contributed by atoms with Crippen LogP contribution in [0, 0.1) is 30.0 Å². The second-order valence-electron chi connectivity index (χ2n) is 12.2. The molecule has 3 heterocycles. The number of aromatic nitrogens is 1. The van der Waals surface area contributed by atoms with Gasteiger partial charge in [-0.25, -0.2) is 4.39 Å². The van der Waals surface area contributed by atoms with Crippen LogP contribution >= 0.6 is 0 Å². The van der Waals surface area contributed by atoms with E-state index in [1.807, 2.05) is 38.1 Å². The zero-order valence-corrected chi connectivity index (χ0v) is 25.9. The van der Waals surface area contributed by atoms with Gasteiger partial charge in [-0.05, 0) is 62.3 Å². The molecule has 2 N–H and O–H groups in total. The van der Waals surface area contributed by atoms with Crippen molar-refractivity contribution < 1.29 is 23.6 Å². The molecule has 5 rings (SSSR count). The monoisotopic (exact) mass is 614 g/mol. The van der Waals surface area contributed by atoms with Gasteiger partial charge in [0, 0.05) is 36.8 Å². The highest BCUT2D eigenvalue weighted by molar-refractivity contribution is 5.98. The van der Waals surface area contributed by atoms with E-state index in [-0.39, 0.29) is 48.8 Å². The highest BCUT2D eigenvalue weighted by Gasteiger charge is 2.37. The topological polar surface area (TPSA) is 128 Å². The summed E-state index contributed by atoms with van der Waals surface area (Å²) in [5.41, 5.74) is 2.58. The number of carbonyl (C=O) groups is 4. The van der Waals surface area contributed by atoms with Crippen molar-refractivity contribution in [2.24, 2.45) is 5.92 Å². The van der Waals surface area contributed by atoms with E-state index in [4.69, 9.17) is 0 Å². The fraction of sp³-hybridized carbons (Fsp3) is 0.441. The SMILES string of the molecule is Cc1c(C#N)c2ccccc2n1CC(=O)N1CC(=O)NCCCc2ccc(F)c(c2)C(=O)N2CCC[C@H]2C(=O)N[C@H](C(C)C)C1. The van der Waals surface area contributed by atoms with Gasteiger partial charge in [-0.3, -0.25) is 19.2 Å². The molecule has 0 unspecified atom stereocenters. The summed E-state index contributed by atoms with van der Waals surface area (Å²) in [5, 5.41) is 16.4. The van der Waals surface area contributed by atoms with Crippen LogP contribution in [0.2, 0.25) is 0 Å². The Morgan fingerprint density at radius 1 is 1.13 bits per heavy atom. The molecule has 2 aliphatic rings. The lowest BCUT2D eigenvalue weighted by Crippen LogP contribution is -2.55. The van der Waals surface area contributed by atoms with Gasteiger partial charge in [0.1, 0.15) is 24.5 Å². The number of nitrogens with zero attached hydrogens (tertiary/aromatic N) is 4. The van der Waals surface area contributed by atoms with Crippen LogP contribution < -0.4 is 10.6 Å². The van der Waals surface area contributed by atoms with Gasteiger partial charge in [0.2, 0.25) is 17.7 Å². The lowest BCUT2D eigenvalue weighted by molar-refractivity contribution is -0.137. The molecule has 4 amide bonds. The Balaban J connectivity index is 1.45. The first-order chi connectivity index (χ1) is 21.6. The molecule has 45 heavy (non-hydrogen) atoms. The Bertz CT molecular complexity index is 1670. The highest BCUT2D eigenvalue weighted by Crippen LogP contribution is 2.26. The fourth-order valence-electron chi connectivity index (χ4n) is 6.28. The van der Waals surface area contributed by atoms with Gasteiger partial charge >= 0.3 is 0 Å². The average molecular weight is 615 g/mol. The van der Waals surface area contributed by atoms with E-state index in [9.17, 15) is 28.8 Å². The first-order valence-electron chi connectivity index (χ1n) is 15.5. The van der Waals surface area contributed by atoms with E-state index in [1.54, 1.807) is 17.6 Å². The summed E-state index contributed by atoms with van der Waals surface area (Å²) in [6.45, 7) is 6.05. The molecule has 0 spiro atoms. The van der Waals surface area contributed by atoms with E-state index in [2.05, 4.69) is 16.7 Å². The fourth-order valence-corrected chi connectivity index (χ4v) is 6.28. The Kier molecular flexibility index (Phi) is 9.51. The van der Waals surface area contributed by atoms with Crippen molar-refractivity contribution >= 4 is 34.5 Å². The number of nitriles is 1. The van der Waals surface area contributed by atoms with Crippen LogP contribution in [-0.2, 0) is 27.3 Å². The van der Waals surface area contributed by atoms with Gasteiger partial charge < -0.3 is 25.0 Å². The summed E-state index contributed by atoms with van der Waals surface area (Å²) in [5.74, 6) is -2.32. The molecule has 2 aliphatic heterocycles. The first-order valence-corrected chi connectivity index (χ1v) is 15.5. The summed E-state index contributed by atoms with van der Waals surface area (Å²) in [4.78, 5) is 57.1. The van der Waals surface area contributed by atoms with Gasteiger partial charge in [-0.2, -0.15) is 5.26 Å². The minimum Gasteiger partial charge on any atom is -0.355 e. The Hall–Kier alpha value is -4.72. The van der Waals surface area contributed by atoms with Crippen LogP contribution in [0.15, 0.2) is 42.5 Å². The van der Waals surface area contributed by atoms with Crippen LogP contribution in [0.1, 0.15) is 60.3 Å². The maximum atomic E-state index is 14.8. The molecule has 1 fully saturated rings. The van der Waals surface area contributed by atoms with Crippen LogP contribution in [0.5, 0.6) is 0 Å². The molecule has 2 atom stereocenters. The Morgan fingerprint density at radius 3 is 2.67 bits per heavy atom. The maximum absolute atomic E-state index is 14.8. The number of benzene rings is 2. The number of amides is 4. The van der Waals surface area contributed by atoms with Crippen molar-refractivity contribution in [3.63, 3.8) is 0 Å². The Morgan fingerprint density at radius 2 is 1.91 bits per heavy atom. The molecule has 0 radical (unpaired) electrons. The lowest BCUT2D eigenvalue weighted by atomic mass is 10.0. The van der Waals surface area contributed by atoms with Crippen molar-refractivity contribution in [1.82, 2.24) is 25.0 Å². The van der Waals surface area contributed by atoms with E-state index in [1.165, 1.54) is 21.9 Å². The molecular weight excluding hydrogens is 575 g/mol. The van der Waals surface area contributed by atoms with Crippen molar-refractivity contribution in [2.75, 3.05) is 26.2 Å². The number of halogens is 1. The molecule has 1 aromatic heterocycles. The molecule has 10 nitrogen and oxygen atoms in total. The van der Waals surface area contributed by atoms with Crippen LogP contribution in [0.25, 0.3) is 10.9 Å². The number of para-hydroxylation sites is 1. The molecule has 236 valence electrons. The van der Waals surface area contributed by atoms with E-state index in [0.717, 1.165) is 16.5 Å². The van der Waals surface area contributed by atoms with E-state index >= 15 is 0 Å². The number of aryl methyl sites for hydroxylation is 1. The molecule has 2 aromatic carbocycles. The van der Waals surface area contributed by atoms with Gasteiger partial charge in [-0.15, -0.1) is 0 Å². The number of carbonyl (C=O) groups excluding carboxylic acids is 4. The number of hydrogen-bond donors (Lipinski definition) is 2. The van der Waals surface area contributed by atoms with Gasteiger partial charge in [0.25, 0.3) is 5.91 Å². The summed E-state index contributed by atoms with van der Waals surface area (Å²) in [6.07, 6.45) is 2.10. The summed E-state index contributed by atoms with van der Waals surface area (Å²) in [6, 6.07) is 12.7. The van der Waals surface area contributed by atoms with Crippen molar-refractivity contribution in [3.05, 3.63) is 70.7 Å². The summed E-state index contributed by atoms with van der Waals surface area (Å²) >= 11 is 0. The zero-order chi connectivity index (χ0) is 32.2. The number of nitrogens with one attached hydrogen (secondary N) is 2. The van der Waals surface area contributed by atoms with Crippen LogP contribution in [0.4, 0.5) is 4.39 Å². The minimum atomic E-state index is -0.775. The lowest BCUT2D eigenvalue weighted by Gasteiger charge is -2.32.